The monoisotopic (exact) mass is 489 g/mol. The number of rotatable bonds is 10. The fourth-order valence-corrected chi connectivity index (χ4v) is 1.59. The first-order valence-electron chi connectivity index (χ1n) is 10.3. The van der Waals surface area contributed by atoms with E-state index in [1.165, 1.54) is 13.8 Å². The number of hydrogen-bond donors (Lipinski definition) is 9. The molecule has 0 aliphatic carbocycles. The number of carboxylic acids is 4. The van der Waals surface area contributed by atoms with Gasteiger partial charge in [-0.2, -0.15) is 0 Å². The van der Waals surface area contributed by atoms with Gasteiger partial charge in [0, 0.05) is 0 Å². The number of carbonyl (C=O) groups is 4. The second kappa shape index (κ2) is 21.7. The van der Waals surface area contributed by atoms with E-state index in [1.807, 2.05) is 30.3 Å². The van der Waals surface area contributed by atoms with E-state index in [0.717, 1.165) is 18.4 Å². The number of aliphatic carboxylic acids is 4. The Kier molecular flexibility index (Phi) is 22.7. The highest BCUT2D eigenvalue weighted by molar-refractivity contribution is 5.74. The summed E-state index contributed by atoms with van der Waals surface area (Å²) in [6, 6.07) is 6.36. The Labute approximate surface area is 198 Å². The van der Waals surface area contributed by atoms with Crippen molar-refractivity contribution in [3.8, 4) is 0 Å². The lowest BCUT2D eigenvalue weighted by atomic mass is 10.1. The Bertz CT molecular complexity index is 684. The number of nitrogens with two attached hydrogens (primary N) is 5. The summed E-state index contributed by atoms with van der Waals surface area (Å²) in [5, 5.41) is 32.6. The predicted octanol–water partition coefficient (Wildman–Crippen LogP) is -0.995. The molecule has 14 N–H and O–H groups in total. The topological polar surface area (TPSA) is 279 Å². The fourth-order valence-electron chi connectivity index (χ4n) is 1.59. The summed E-state index contributed by atoms with van der Waals surface area (Å²) in [6.07, 6.45) is 2.55. The molecule has 0 spiro atoms. The predicted molar refractivity (Wildman–Crippen MR) is 127 cm³/mol. The largest absolute Gasteiger partial charge is 0.480 e. The van der Waals surface area contributed by atoms with Gasteiger partial charge in [-0.05, 0) is 45.2 Å². The fraction of sp³-hybridized carbons (Fsp3) is 0.524. The second-order valence-electron chi connectivity index (χ2n) is 7.12. The lowest BCUT2D eigenvalue weighted by Gasteiger charge is -2.04. The van der Waals surface area contributed by atoms with Crippen LogP contribution in [0, 0.1) is 0 Å². The molecular weight excluding hydrogens is 450 g/mol. The molecule has 0 amide bonds. The second-order valence-corrected chi connectivity index (χ2v) is 7.12. The summed E-state index contributed by atoms with van der Waals surface area (Å²) in [5.74, 6) is -3.82. The molecule has 1 aromatic rings. The van der Waals surface area contributed by atoms with E-state index in [2.05, 4.69) is 0 Å². The first-order valence-corrected chi connectivity index (χ1v) is 10.3. The number of carboxylic acid groups (broad SMARTS) is 4. The van der Waals surface area contributed by atoms with Gasteiger partial charge >= 0.3 is 23.9 Å². The highest BCUT2D eigenvalue weighted by Crippen LogP contribution is 2.01. The summed E-state index contributed by atoms with van der Waals surface area (Å²) in [5.41, 5.74) is 26.4. The molecule has 0 aromatic heterocycles. The van der Waals surface area contributed by atoms with E-state index in [-0.39, 0.29) is 0 Å². The normalized spacial score (nSPS) is 13.0. The molecule has 0 bridgehead atoms. The summed E-state index contributed by atoms with van der Waals surface area (Å²) in [6.45, 7) is 3.44. The van der Waals surface area contributed by atoms with Crippen LogP contribution in [0.25, 0.3) is 0 Å². The first-order chi connectivity index (χ1) is 15.7. The van der Waals surface area contributed by atoms with Crippen LogP contribution in [-0.2, 0) is 25.6 Å². The molecule has 1 aromatic carbocycles. The zero-order valence-corrected chi connectivity index (χ0v) is 19.5. The highest BCUT2D eigenvalue weighted by Gasteiger charge is 2.11. The van der Waals surface area contributed by atoms with Crippen LogP contribution >= 0.6 is 0 Å². The molecule has 0 fully saturated rings. The minimum atomic E-state index is -0.963. The van der Waals surface area contributed by atoms with Gasteiger partial charge in [-0.3, -0.25) is 19.2 Å². The van der Waals surface area contributed by atoms with Gasteiger partial charge in [0.15, 0.2) is 0 Å². The zero-order chi connectivity index (χ0) is 27.3. The van der Waals surface area contributed by atoms with Crippen molar-refractivity contribution >= 4 is 23.9 Å². The molecule has 13 heteroatoms. The van der Waals surface area contributed by atoms with E-state index in [9.17, 15) is 19.2 Å². The molecule has 0 aliphatic rings. The maximum atomic E-state index is 10.4. The third-order valence-electron chi connectivity index (χ3n) is 3.68. The summed E-state index contributed by atoms with van der Waals surface area (Å²) >= 11 is 0. The van der Waals surface area contributed by atoms with Crippen LogP contribution in [0.1, 0.15) is 38.7 Å². The molecule has 1 rings (SSSR count). The minimum Gasteiger partial charge on any atom is -0.480 e. The summed E-state index contributed by atoms with van der Waals surface area (Å²) in [7, 11) is 0. The van der Waals surface area contributed by atoms with Crippen molar-refractivity contribution in [3.05, 3.63) is 35.9 Å². The molecule has 0 heterocycles. The van der Waals surface area contributed by atoms with Gasteiger partial charge in [-0.25, -0.2) is 0 Å². The van der Waals surface area contributed by atoms with Gasteiger partial charge in [-0.1, -0.05) is 36.8 Å². The van der Waals surface area contributed by atoms with E-state index in [1.54, 1.807) is 0 Å². The number of unbranched alkanes of at least 4 members (excludes halogenated alkanes) is 1. The Morgan fingerprint density at radius 1 is 0.706 bits per heavy atom. The molecule has 34 heavy (non-hydrogen) atoms. The van der Waals surface area contributed by atoms with Gasteiger partial charge in [-0.15, -0.1) is 0 Å². The van der Waals surface area contributed by atoms with Crippen molar-refractivity contribution in [1.29, 1.82) is 0 Å². The smallest absolute Gasteiger partial charge is 0.320 e. The standard InChI is InChI=1S/C9H11NO2.C6H14N2O2.2C3H7NO2/c10-8(9(11)12)6-7-4-2-1-3-5-7;7-4-2-1-3-5(8)6(9)10;2*1-2(4)3(5)6/h1-5,8H,6,10H2,(H,11,12);5H,1-4,7-8H2,(H,9,10);2*2H,4H2,1H3,(H,5,6)/t8-;5-;2*2-/m0000/s1. The minimum absolute atomic E-state index is 0.385. The molecule has 13 nitrogen and oxygen atoms in total. The van der Waals surface area contributed by atoms with E-state index >= 15 is 0 Å². The number of hydrogen-bond acceptors (Lipinski definition) is 9. The molecule has 0 aliphatic heterocycles. The maximum absolute atomic E-state index is 10.4. The van der Waals surface area contributed by atoms with Gasteiger partial charge in [0.05, 0.1) is 0 Å². The van der Waals surface area contributed by atoms with Crippen LogP contribution in [0.5, 0.6) is 0 Å². The SMILES string of the molecule is C[C@H](N)C(=O)O.C[C@H](N)C(=O)O.NCCCC[C@H](N)C(=O)O.N[C@@H](Cc1ccccc1)C(=O)O. The average Bonchev–Trinajstić information content (AvgIpc) is 2.75. The van der Waals surface area contributed by atoms with Crippen molar-refractivity contribution in [2.24, 2.45) is 28.7 Å². The van der Waals surface area contributed by atoms with Gasteiger partial charge in [0.1, 0.15) is 24.2 Å². The summed E-state index contributed by atoms with van der Waals surface area (Å²) < 4.78 is 0. The zero-order valence-electron chi connectivity index (χ0n) is 19.5. The Morgan fingerprint density at radius 2 is 1.09 bits per heavy atom. The van der Waals surface area contributed by atoms with Gasteiger partial charge in [0.2, 0.25) is 0 Å². The molecule has 0 unspecified atom stereocenters. The average molecular weight is 490 g/mol. The van der Waals surface area contributed by atoms with Gasteiger partial charge < -0.3 is 49.1 Å². The molecule has 196 valence electrons. The van der Waals surface area contributed by atoms with Crippen LogP contribution < -0.4 is 28.7 Å². The third kappa shape index (κ3) is 25.2. The lowest BCUT2D eigenvalue weighted by Crippen LogP contribution is -2.32. The molecule has 0 saturated heterocycles. The van der Waals surface area contributed by atoms with E-state index < -0.39 is 48.0 Å². The van der Waals surface area contributed by atoms with Crippen LogP contribution in [-0.4, -0.2) is 75.0 Å². The summed E-state index contributed by atoms with van der Waals surface area (Å²) in [4.78, 5) is 39.7. The quantitative estimate of drug-likeness (QED) is 0.178. The van der Waals surface area contributed by atoms with Crippen molar-refractivity contribution in [3.63, 3.8) is 0 Å². The van der Waals surface area contributed by atoms with Crippen LogP contribution in [0.2, 0.25) is 0 Å². The Morgan fingerprint density at radius 3 is 1.38 bits per heavy atom. The maximum Gasteiger partial charge on any atom is 0.320 e. The first kappa shape index (κ1) is 35.5. The number of benzene rings is 1. The van der Waals surface area contributed by atoms with Crippen LogP contribution in [0.15, 0.2) is 30.3 Å². The third-order valence-corrected chi connectivity index (χ3v) is 3.68. The Balaban J connectivity index is -0.000000396. The van der Waals surface area contributed by atoms with Crippen molar-refractivity contribution in [1.82, 2.24) is 0 Å². The van der Waals surface area contributed by atoms with Crippen molar-refractivity contribution in [2.75, 3.05) is 6.54 Å². The van der Waals surface area contributed by atoms with E-state index in [0.29, 0.717) is 19.4 Å². The van der Waals surface area contributed by atoms with Crippen LogP contribution in [0.3, 0.4) is 0 Å². The highest BCUT2D eigenvalue weighted by atomic mass is 16.4. The lowest BCUT2D eigenvalue weighted by molar-refractivity contribution is -0.139. The van der Waals surface area contributed by atoms with Gasteiger partial charge in [0.25, 0.3) is 0 Å². The molecule has 0 radical (unpaired) electrons. The molecular formula is C21H39N5O8. The van der Waals surface area contributed by atoms with Crippen molar-refractivity contribution in [2.45, 2.75) is 63.7 Å². The molecule has 0 saturated carbocycles. The molecule has 4 atom stereocenters. The van der Waals surface area contributed by atoms with Crippen molar-refractivity contribution < 1.29 is 39.6 Å². The van der Waals surface area contributed by atoms with E-state index in [4.69, 9.17) is 49.1 Å². The Hall–Kier alpha value is -3.10. The van der Waals surface area contributed by atoms with Crippen LogP contribution in [0.4, 0.5) is 0 Å².